The first-order chi connectivity index (χ1) is 25.1. The van der Waals surface area contributed by atoms with Crippen LogP contribution in [-0.4, -0.2) is 0 Å². The zero-order valence-electron chi connectivity index (χ0n) is 29.5. The summed E-state index contributed by atoms with van der Waals surface area (Å²) < 4.78 is 0. The second kappa shape index (κ2) is 14.8. The van der Waals surface area contributed by atoms with E-state index in [4.69, 9.17) is 0 Å². The molecule has 51 heavy (non-hydrogen) atoms. The molecule has 0 N–H and O–H groups in total. The van der Waals surface area contributed by atoms with Crippen molar-refractivity contribution < 1.29 is 0 Å². The lowest BCUT2D eigenvalue weighted by Gasteiger charge is -2.41. The van der Waals surface area contributed by atoms with Gasteiger partial charge >= 0.3 is 0 Å². The second-order valence-corrected chi connectivity index (χ2v) is 16.2. The van der Waals surface area contributed by atoms with Crippen LogP contribution in [-0.2, 0) is 0 Å². The molecule has 3 atom stereocenters. The van der Waals surface area contributed by atoms with Gasteiger partial charge in [-0.1, -0.05) is 145 Å². The summed E-state index contributed by atoms with van der Waals surface area (Å²) in [6.07, 6.45) is 34.3. The summed E-state index contributed by atoms with van der Waals surface area (Å²) in [6, 6.07) is 27.1. The second-order valence-electron chi connectivity index (χ2n) is 14.1. The van der Waals surface area contributed by atoms with Crippen molar-refractivity contribution in [2.45, 2.75) is 45.4 Å². The summed E-state index contributed by atoms with van der Waals surface area (Å²) in [4.78, 5) is 5.31. The molecule has 2 heterocycles. The third kappa shape index (κ3) is 6.96. The van der Waals surface area contributed by atoms with Crippen LogP contribution in [0.5, 0.6) is 0 Å². The van der Waals surface area contributed by atoms with Crippen LogP contribution < -0.4 is 0 Å². The van der Waals surface area contributed by atoms with Gasteiger partial charge in [0.1, 0.15) is 0 Å². The van der Waals surface area contributed by atoms with Crippen molar-refractivity contribution in [1.82, 2.24) is 0 Å². The maximum atomic E-state index is 4.16. The molecule has 4 aliphatic rings. The summed E-state index contributed by atoms with van der Waals surface area (Å²) >= 11 is 3.77. The lowest BCUT2D eigenvalue weighted by Crippen LogP contribution is -2.28. The predicted octanol–water partition coefficient (Wildman–Crippen LogP) is 14.4. The topological polar surface area (TPSA) is 0 Å². The Labute approximate surface area is 312 Å². The Morgan fingerprint density at radius 2 is 1.75 bits per heavy atom. The predicted molar refractivity (Wildman–Crippen MR) is 225 cm³/mol. The number of aryl methyl sites for hydroxylation is 1. The lowest BCUT2D eigenvalue weighted by atomic mass is 9.63. The first kappa shape index (κ1) is 33.4. The Balaban J connectivity index is 1.08. The maximum Gasteiger partial charge on any atom is 0.0349 e. The highest BCUT2D eigenvalue weighted by atomic mass is 32.1. The molecule has 252 valence electrons. The molecular formula is C49H44S2. The van der Waals surface area contributed by atoms with E-state index in [0.29, 0.717) is 17.8 Å². The number of rotatable bonds is 9. The highest BCUT2D eigenvalue weighted by Crippen LogP contribution is 2.53. The van der Waals surface area contributed by atoms with E-state index in [1.54, 1.807) is 0 Å². The van der Waals surface area contributed by atoms with E-state index in [2.05, 4.69) is 166 Å². The third-order valence-corrected chi connectivity index (χ3v) is 13.0. The summed E-state index contributed by atoms with van der Waals surface area (Å²) in [5.74, 6) is 1.14. The largest absolute Gasteiger partial charge is 0.136 e. The smallest absolute Gasteiger partial charge is 0.0349 e. The van der Waals surface area contributed by atoms with Gasteiger partial charge in [0.2, 0.25) is 0 Å². The average molecular weight is 697 g/mol. The van der Waals surface area contributed by atoms with E-state index in [9.17, 15) is 0 Å². The van der Waals surface area contributed by atoms with E-state index in [1.807, 2.05) is 28.7 Å². The molecule has 8 rings (SSSR count). The third-order valence-electron chi connectivity index (χ3n) is 10.6. The van der Waals surface area contributed by atoms with Gasteiger partial charge in [-0.25, -0.2) is 0 Å². The zero-order chi connectivity index (χ0) is 34.7. The number of hydrogen-bond donors (Lipinski definition) is 0. The molecule has 4 aromatic rings. The first-order valence-corrected chi connectivity index (χ1v) is 19.9. The fourth-order valence-electron chi connectivity index (χ4n) is 8.11. The van der Waals surface area contributed by atoms with Gasteiger partial charge < -0.3 is 0 Å². The minimum atomic E-state index is 0.345. The highest BCUT2D eigenvalue weighted by molar-refractivity contribution is 7.16. The maximum absolute atomic E-state index is 4.16. The lowest BCUT2D eigenvalue weighted by molar-refractivity contribution is 0.440. The van der Waals surface area contributed by atoms with Gasteiger partial charge in [-0.15, -0.1) is 22.7 Å². The molecule has 2 aromatic carbocycles. The molecule has 0 fully saturated rings. The Hall–Kier alpha value is -4.76. The Morgan fingerprint density at radius 3 is 2.59 bits per heavy atom. The summed E-state index contributed by atoms with van der Waals surface area (Å²) in [5.41, 5.74) is 13.8. The van der Waals surface area contributed by atoms with Gasteiger partial charge in [-0.2, -0.15) is 0 Å². The SMILES string of the molecule is C=C/C(=C\C=C/CC1=C2C=CC(C)=CC2C(C2C=CC=C(c3ccc(-c4ccccc4)s3)C2)c2ccc(C)cc21)c1ccc(C2=CCCC=C2)s1. The van der Waals surface area contributed by atoms with Crippen molar-refractivity contribution in [3.05, 3.63) is 201 Å². The van der Waals surface area contributed by atoms with Gasteiger partial charge in [0.05, 0.1) is 0 Å². The summed E-state index contributed by atoms with van der Waals surface area (Å²) in [6.45, 7) is 8.65. The van der Waals surface area contributed by atoms with E-state index < -0.39 is 0 Å². The van der Waals surface area contributed by atoms with Crippen molar-refractivity contribution in [3.8, 4) is 10.4 Å². The van der Waals surface area contributed by atoms with Crippen LogP contribution in [0.3, 0.4) is 0 Å². The van der Waals surface area contributed by atoms with Crippen molar-refractivity contribution >= 4 is 45.0 Å². The quantitative estimate of drug-likeness (QED) is 0.153. The minimum absolute atomic E-state index is 0.345. The number of hydrogen-bond acceptors (Lipinski definition) is 2. The summed E-state index contributed by atoms with van der Waals surface area (Å²) in [7, 11) is 0. The Bertz CT molecular complexity index is 2240. The summed E-state index contributed by atoms with van der Waals surface area (Å²) in [5, 5.41) is 0. The molecule has 0 aliphatic heterocycles. The van der Waals surface area contributed by atoms with Crippen LogP contribution in [0.4, 0.5) is 0 Å². The molecule has 2 heteroatoms. The molecule has 0 amide bonds. The van der Waals surface area contributed by atoms with Crippen LogP contribution in [0.2, 0.25) is 0 Å². The Kier molecular flexibility index (Phi) is 9.72. The molecule has 0 saturated heterocycles. The van der Waals surface area contributed by atoms with Crippen LogP contribution in [0.25, 0.3) is 32.7 Å². The van der Waals surface area contributed by atoms with E-state index in [1.165, 1.54) is 75.2 Å². The van der Waals surface area contributed by atoms with Crippen LogP contribution in [0, 0.1) is 18.8 Å². The van der Waals surface area contributed by atoms with Gasteiger partial charge in [-0.05, 0) is 114 Å². The molecule has 0 bridgehead atoms. The standard InChI is InChI=1S/C49H44S2/c1-4-35(45-26-27-46(50-45)36-15-7-5-8-16-36)14-11-12-21-40-41-24-22-34(3)31-44(41)49(42-25-23-33(2)30-43(40)42)39-20-13-19-38(32-39)48-29-28-47(51-48)37-17-9-6-10-18-37/h4,6-7,9-20,22-31,39,44,49H,1,5,8,21,32H2,2-3H3/b12-11-,35-14+. The number of allylic oxidation sites excluding steroid dienone is 19. The van der Waals surface area contributed by atoms with Gasteiger partial charge in [-0.3, -0.25) is 0 Å². The first-order valence-electron chi connectivity index (χ1n) is 18.3. The zero-order valence-corrected chi connectivity index (χ0v) is 31.2. The van der Waals surface area contributed by atoms with Gasteiger partial charge in [0.15, 0.2) is 0 Å². The molecule has 0 saturated carbocycles. The Morgan fingerprint density at radius 1 is 0.882 bits per heavy atom. The van der Waals surface area contributed by atoms with Crippen LogP contribution >= 0.6 is 22.7 Å². The van der Waals surface area contributed by atoms with E-state index >= 15 is 0 Å². The van der Waals surface area contributed by atoms with E-state index in [-0.39, 0.29) is 0 Å². The van der Waals surface area contributed by atoms with Gasteiger partial charge in [0, 0.05) is 31.3 Å². The van der Waals surface area contributed by atoms with Crippen LogP contribution in [0.1, 0.15) is 69.8 Å². The van der Waals surface area contributed by atoms with Crippen molar-refractivity contribution in [1.29, 1.82) is 0 Å². The molecular weight excluding hydrogens is 653 g/mol. The number of benzene rings is 2. The van der Waals surface area contributed by atoms with E-state index in [0.717, 1.165) is 25.7 Å². The monoisotopic (exact) mass is 696 g/mol. The van der Waals surface area contributed by atoms with Crippen molar-refractivity contribution in [3.63, 3.8) is 0 Å². The fourth-order valence-corrected chi connectivity index (χ4v) is 10.2. The molecule has 2 aromatic heterocycles. The number of fused-ring (bicyclic) bond motifs is 2. The molecule has 0 nitrogen and oxygen atoms in total. The number of thiophene rings is 2. The van der Waals surface area contributed by atoms with Gasteiger partial charge in [0.25, 0.3) is 0 Å². The fraction of sp³-hybridized carbons (Fsp3) is 0.184. The van der Waals surface area contributed by atoms with Crippen molar-refractivity contribution in [2.24, 2.45) is 11.8 Å². The molecule has 0 spiro atoms. The molecule has 3 unspecified atom stereocenters. The molecule has 0 radical (unpaired) electrons. The van der Waals surface area contributed by atoms with Crippen LogP contribution in [0.15, 0.2) is 170 Å². The average Bonchev–Trinajstić information content (AvgIpc) is 3.87. The van der Waals surface area contributed by atoms with Crippen molar-refractivity contribution in [2.75, 3.05) is 0 Å². The minimum Gasteiger partial charge on any atom is -0.136 e. The normalized spacial score (nSPS) is 21.3. The molecule has 4 aliphatic carbocycles. The highest BCUT2D eigenvalue weighted by Gasteiger charge is 2.38.